The number of fused-ring (bicyclic) bond motifs is 3. The van der Waals surface area contributed by atoms with Crippen molar-refractivity contribution in [3.8, 4) is 0 Å². The minimum Gasteiger partial charge on any atom is -0.324 e. The number of nitrogens with one attached hydrogen (secondary N) is 1. The van der Waals surface area contributed by atoms with E-state index >= 15 is 0 Å². The molecule has 0 unspecified atom stereocenters. The quantitative estimate of drug-likeness (QED) is 0.584. The predicted octanol–water partition coefficient (Wildman–Crippen LogP) is 0.810. The highest BCUT2D eigenvalue weighted by molar-refractivity contribution is 6.03. The topological polar surface area (TPSA) is 63.6 Å². The maximum Gasteiger partial charge on any atom is 0.349 e. The van der Waals surface area contributed by atoms with Crippen molar-refractivity contribution in [1.29, 1.82) is 0 Å². The van der Waals surface area contributed by atoms with Crippen LogP contribution in [0.2, 0.25) is 0 Å². The molecule has 0 aliphatic rings. The molecular weight excluding hydrogens is 192 g/mol. The molecule has 3 heterocycles. The molecule has 0 atom stereocenters. The molecule has 5 heteroatoms. The first-order chi connectivity index (χ1) is 7.25. The van der Waals surface area contributed by atoms with Crippen LogP contribution in [0, 0.1) is 0 Å². The number of aryl methyl sites for hydroxylation is 1. The van der Waals surface area contributed by atoms with E-state index in [0.717, 1.165) is 16.4 Å². The van der Waals surface area contributed by atoms with E-state index in [2.05, 4.69) is 15.0 Å². The number of hydrogen-bond donors (Lipinski definition) is 1. The van der Waals surface area contributed by atoms with E-state index in [1.807, 2.05) is 12.1 Å². The van der Waals surface area contributed by atoms with E-state index in [1.165, 1.54) is 4.57 Å². The van der Waals surface area contributed by atoms with Crippen molar-refractivity contribution in [2.45, 2.75) is 0 Å². The molecular formula is C10H8N4O. The van der Waals surface area contributed by atoms with E-state index in [1.54, 1.807) is 19.4 Å². The normalized spacial score (nSPS) is 11.3. The second-order valence-electron chi connectivity index (χ2n) is 3.42. The molecule has 1 N–H and O–H groups in total. The summed E-state index contributed by atoms with van der Waals surface area (Å²) in [6.07, 6.45) is 3.47. The molecule has 0 bridgehead atoms. The second-order valence-corrected chi connectivity index (χ2v) is 3.42. The van der Waals surface area contributed by atoms with Gasteiger partial charge in [0.15, 0.2) is 0 Å². The first-order valence-corrected chi connectivity index (χ1v) is 4.56. The van der Waals surface area contributed by atoms with Crippen LogP contribution in [0.4, 0.5) is 0 Å². The van der Waals surface area contributed by atoms with Crippen LogP contribution in [0.25, 0.3) is 22.1 Å². The predicted molar refractivity (Wildman–Crippen MR) is 56.6 cm³/mol. The molecule has 0 amide bonds. The van der Waals surface area contributed by atoms with Gasteiger partial charge in [0.25, 0.3) is 0 Å². The molecule has 0 aliphatic carbocycles. The molecule has 15 heavy (non-hydrogen) atoms. The highest BCUT2D eigenvalue weighted by Gasteiger charge is 2.06. The van der Waals surface area contributed by atoms with E-state index < -0.39 is 0 Å². The SMILES string of the molecule is Cn1cc2c(nc1=O)[nH]c1ncccc12. The Balaban J connectivity index is 2.61. The molecule has 5 nitrogen and oxygen atoms in total. The number of nitrogens with zero attached hydrogens (tertiary/aromatic N) is 3. The van der Waals surface area contributed by atoms with Gasteiger partial charge in [0.05, 0.1) is 0 Å². The van der Waals surface area contributed by atoms with Crippen LogP contribution in [0.15, 0.2) is 29.3 Å². The third kappa shape index (κ3) is 1.06. The Morgan fingerprint density at radius 2 is 2.20 bits per heavy atom. The highest BCUT2D eigenvalue weighted by Crippen LogP contribution is 2.20. The summed E-state index contributed by atoms with van der Waals surface area (Å²) in [5.41, 5.74) is 1.08. The lowest BCUT2D eigenvalue weighted by Crippen LogP contribution is -2.18. The fraction of sp³-hybridized carbons (Fsp3) is 0.100. The van der Waals surface area contributed by atoms with E-state index in [4.69, 9.17) is 0 Å². The molecule has 0 fully saturated rings. The summed E-state index contributed by atoms with van der Waals surface area (Å²) in [6, 6.07) is 3.81. The first kappa shape index (κ1) is 8.16. The number of hydrogen-bond acceptors (Lipinski definition) is 3. The Morgan fingerprint density at radius 3 is 3.07 bits per heavy atom. The Hall–Kier alpha value is -2.17. The lowest BCUT2D eigenvalue weighted by atomic mass is 10.3. The molecule has 0 aromatic carbocycles. The van der Waals surface area contributed by atoms with Crippen molar-refractivity contribution in [2.24, 2.45) is 7.05 Å². The summed E-state index contributed by atoms with van der Waals surface area (Å²) in [7, 11) is 1.68. The summed E-state index contributed by atoms with van der Waals surface area (Å²) in [6.45, 7) is 0. The van der Waals surface area contributed by atoms with Crippen molar-refractivity contribution < 1.29 is 0 Å². The molecule has 0 aliphatic heterocycles. The number of pyridine rings is 1. The monoisotopic (exact) mass is 200 g/mol. The second kappa shape index (κ2) is 2.66. The fourth-order valence-corrected chi connectivity index (χ4v) is 1.67. The summed E-state index contributed by atoms with van der Waals surface area (Å²) in [4.78, 5) is 22.4. The summed E-state index contributed by atoms with van der Waals surface area (Å²) in [5.74, 6) is 0. The number of H-pyrrole nitrogens is 1. The molecule has 0 spiro atoms. The Morgan fingerprint density at radius 1 is 1.33 bits per heavy atom. The standard InChI is InChI=1S/C10H8N4O/c1-14-5-7-6-3-2-4-11-8(6)12-9(7)13-10(14)15/h2-5H,1H3,(H,11,12,13,15). The van der Waals surface area contributed by atoms with Crippen molar-refractivity contribution in [2.75, 3.05) is 0 Å². The van der Waals surface area contributed by atoms with Crippen LogP contribution in [0.5, 0.6) is 0 Å². The van der Waals surface area contributed by atoms with Gasteiger partial charge in [-0.2, -0.15) is 4.98 Å². The first-order valence-electron chi connectivity index (χ1n) is 4.56. The largest absolute Gasteiger partial charge is 0.349 e. The van der Waals surface area contributed by atoms with Crippen LogP contribution in [0.3, 0.4) is 0 Å². The minimum absolute atomic E-state index is 0.269. The summed E-state index contributed by atoms with van der Waals surface area (Å²) >= 11 is 0. The van der Waals surface area contributed by atoms with Gasteiger partial charge < -0.3 is 9.55 Å². The molecule has 0 radical (unpaired) electrons. The maximum atomic E-state index is 11.3. The lowest BCUT2D eigenvalue weighted by Gasteiger charge is -1.94. The van der Waals surface area contributed by atoms with Crippen molar-refractivity contribution in [3.63, 3.8) is 0 Å². The summed E-state index contributed by atoms with van der Waals surface area (Å²) < 4.78 is 1.46. The number of rotatable bonds is 0. The Bertz CT molecular complexity index is 710. The molecule has 3 aromatic heterocycles. The minimum atomic E-state index is -0.269. The average molecular weight is 200 g/mol. The highest BCUT2D eigenvalue weighted by atomic mass is 16.1. The smallest absolute Gasteiger partial charge is 0.324 e. The molecule has 74 valence electrons. The zero-order valence-electron chi connectivity index (χ0n) is 8.06. The van der Waals surface area contributed by atoms with Crippen LogP contribution in [0.1, 0.15) is 0 Å². The van der Waals surface area contributed by atoms with Gasteiger partial charge in [0, 0.05) is 30.2 Å². The third-order valence-corrected chi connectivity index (χ3v) is 2.42. The number of aromatic amines is 1. The Kier molecular flexibility index (Phi) is 1.45. The van der Waals surface area contributed by atoms with Gasteiger partial charge in [-0.3, -0.25) is 0 Å². The molecule has 0 saturated heterocycles. The fourth-order valence-electron chi connectivity index (χ4n) is 1.67. The lowest BCUT2D eigenvalue weighted by molar-refractivity contribution is 0.826. The number of aromatic nitrogens is 4. The van der Waals surface area contributed by atoms with Crippen LogP contribution in [-0.4, -0.2) is 19.5 Å². The van der Waals surface area contributed by atoms with Crippen LogP contribution < -0.4 is 5.69 Å². The van der Waals surface area contributed by atoms with Gasteiger partial charge in [-0.15, -0.1) is 0 Å². The third-order valence-electron chi connectivity index (χ3n) is 2.42. The van der Waals surface area contributed by atoms with Crippen molar-refractivity contribution in [3.05, 3.63) is 35.0 Å². The zero-order chi connectivity index (χ0) is 10.4. The molecule has 0 saturated carbocycles. The zero-order valence-corrected chi connectivity index (χ0v) is 8.06. The van der Waals surface area contributed by atoms with Gasteiger partial charge >= 0.3 is 5.69 Å². The van der Waals surface area contributed by atoms with Gasteiger partial charge in [-0.1, -0.05) is 0 Å². The Labute approximate surface area is 84.4 Å². The van der Waals surface area contributed by atoms with E-state index in [0.29, 0.717) is 5.65 Å². The molecule has 3 aromatic rings. The van der Waals surface area contributed by atoms with Crippen molar-refractivity contribution >= 4 is 22.1 Å². The van der Waals surface area contributed by atoms with Gasteiger partial charge in [-0.25, -0.2) is 9.78 Å². The van der Waals surface area contributed by atoms with Crippen molar-refractivity contribution in [1.82, 2.24) is 19.5 Å². The van der Waals surface area contributed by atoms with Gasteiger partial charge in [0.1, 0.15) is 11.3 Å². The van der Waals surface area contributed by atoms with E-state index in [-0.39, 0.29) is 5.69 Å². The molecule has 3 rings (SSSR count). The summed E-state index contributed by atoms with van der Waals surface area (Å²) in [5, 5.41) is 1.90. The van der Waals surface area contributed by atoms with Gasteiger partial charge in [0.2, 0.25) is 0 Å². The van der Waals surface area contributed by atoms with Gasteiger partial charge in [-0.05, 0) is 12.1 Å². The maximum absolute atomic E-state index is 11.3. The van der Waals surface area contributed by atoms with Crippen LogP contribution >= 0.6 is 0 Å². The van der Waals surface area contributed by atoms with Crippen LogP contribution in [-0.2, 0) is 7.05 Å². The van der Waals surface area contributed by atoms with E-state index in [9.17, 15) is 4.79 Å². The average Bonchev–Trinajstić information content (AvgIpc) is 2.57.